The van der Waals surface area contributed by atoms with E-state index in [9.17, 15) is 5.11 Å². The third kappa shape index (κ3) is 2.47. The number of aryl methyl sites for hydroxylation is 1. The van der Waals surface area contributed by atoms with Crippen LogP contribution in [0.1, 0.15) is 5.56 Å². The predicted octanol–water partition coefficient (Wildman–Crippen LogP) is 4.15. The molecule has 3 heteroatoms. The van der Waals surface area contributed by atoms with E-state index in [1.807, 2.05) is 31.2 Å². The second kappa shape index (κ2) is 4.45. The number of ether oxygens (including phenoxy) is 1. The normalized spacial score (nSPS) is 10.1. The van der Waals surface area contributed by atoms with Crippen molar-refractivity contribution in [3.63, 3.8) is 0 Å². The minimum absolute atomic E-state index is 0.0353. The number of hydrogen-bond acceptors (Lipinski definition) is 2. The molecule has 0 spiro atoms. The highest BCUT2D eigenvalue weighted by atomic mass is 35.5. The molecule has 1 N–H and O–H groups in total. The van der Waals surface area contributed by atoms with Gasteiger partial charge < -0.3 is 9.84 Å². The molecule has 0 aliphatic heterocycles. The molecular weight excluding hydrogens is 224 g/mol. The van der Waals surface area contributed by atoms with Crippen molar-refractivity contribution >= 4 is 11.6 Å². The lowest BCUT2D eigenvalue weighted by atomic mass is 10.2. The van der Waals surface area contributed by atoms with Gasteiger partial charge in [0.2, 0.25) is 0 Å². The summed E-state index contributed by atoms with van der Waals surface area (Å²) in [6.45, 7) is 2.00. The van der Waals surface area contributed by atoms with Gasteiger partial charge >= 0.3 is 0 Å². The first-order chi connectivity index (χ1) is 7.65. The fourth-order valence-electron chi connectivity index (χ4n) is 1.31. The molecule has 16 heavy (non-hydrogen) atoms. The molecule has 0 heterocycles. The van der Waals surface area contributed by atoms with Gasteiger partial charge in [-0.1, -0.05) is 29.3 Å². The standard InChI is InChI=1S/C13H11ClO2/c1-9-2-5-11(6-3-9)16-13-7-4-10(14)8-12(13)15/h2-8,15H,1H3. The Morgan fingerprint density at radius 1 is 1.06 bits per heavy atom. The molecule has 0 atom stereocenters. The maximum atomic E-state index is 9.60. The van der Waals surface area contributed by atoms with E-state index in [2.05, 4.69) is 0 Å². The number of hydrogen-bond donors (Lipinski definition) is 1. The monoisotopic (exact) mass is 234 g/mol. The molecular formula is C13H11ClO2. The lowest BCUT2D eigenvalue weighted by Gasteiger charge is -2.07. The molecule has 2 aromatic rings. The highest BCUT2D eigenvalue weighted by molar-refractivity contribution is 6.30. The van der Waals surface area contributed by atoms with Crippen molar-refractivity contribution in [2.45, 2.75) is 6.92 Å². The molecule has 2 rings (SSSR count). The van der Waals surface area contributed by atoms with Crippen LogP contribution in [-0.2, 0) is 0 Å². The van der Waals surface area contributed by atoms with E-state index in [-0.39, 0.29) is 5.75 Å². The molecule has 0 aliphatic carbocycles. The number of rotatable bonds is 2. The molecule has 2 aromatic carbocycles. The van der Waals surface area contributed by atoms with Crippen molar-refractivity contribution in [1.29, 1.82) is 0 Å². The van der Waals surface area contributed by atoms with Gasteiger partial charge in [-0.05, 0) is 31.2 Å². The third-order valence-corrected chi connectivity index (χ3v) is 2.40. The molecule has 0 aromatic heterocycles. The van der Waals surface area contributed by atoms with E-state index in [1.54, 1.807) is 12.1 Å². The summed E-state index contributed by atoms with van der Waals surface area (Å²) in [6.07, 6.45) is 0. The van der Waals surface area contributed by atoms with Crippen LogP contribution in [0, 0.1) is 6.92 Å². The Hall–Kier alpha value is -1.67. The van der Waals surface area contributed by atoms with Gasteiger partial charge in [0.25, 0.3) is 0 Å². The molecule has 0 aliphatic rings. The quantitative estimate of drug-likeness (QED) is 0.846. The number of phenols is 1. The highest BCUT2D eigenvalue weighted by Gasteiger charge is 2.04. The summed E-state index contributed by atoms with van der Waals surface area (Å²) in [5.41, 5.74) is 1.16. The Balaban J connectivity index is 2.23. The van der Waals surface area contributed by atoms with Crippen LogP contribution in [0.3, 0.4) is 0 Å². The Bertz CT molecular complexity index is 492. The topological polar surface area (TPSA) is 29.5 Å². The van der Waals surface area contributed by atoms with Crippen molar-refractivity contribution in [2.75, 3.05) is 0 Å². The van der Waals surface area contributed by atoms with E-state index in [0.29, 0.717) is 16.5 Å². The van der Waals surface area contributed by atoms with Crippen LogP contribution in [0.2, 0.25) is 5.02 Å². The first kappa shape index (κ1) is 10.8. The summed E-state index contributed by atoms with van der Waals surface area (Å²) in [7, 11) is 0. The Labute approximate surface area is 99.1 Å². The van der Waals surface area contributed by atoms with Crippen molar-refractivity contribution in [2.24, 2.45) is 0 Å². The maximum Gasteiger partial charge on any atom is 0.169 e. The van der Waals surface area contributed by atoms with E-state index < -0.39 is 0 Å². The summed E-state index contributed by atoms with van der Waals surface area (Å²) in [5, 5.41) is 10.1. The molecule has 0 unspecified atom stereocenters. The van der Waals surface area contributed by atoms with Crippen LogP contribution < -0.4 is 4.74 Å². The highest BCUT2D eigenvalue weighted by Crippen LogP contribution is 2.32. The van der Waals surface area contributed by atoms with Gasteiger partial charge in [0.05, 0.1) is 0 Å². The van der Waals surface area contributed by atoms with Crippen molar-refractivity contribution in [3.8, 4) is 17.2 Å². The first-order valence-electron chi connectivity index (χ1n) is 4.88. The summed E-state index contributed by atoms with van der Waals surface area (Å²) in [5.74, 6) is 1.12. The Morgan fingerprint density at radius 3 is 2.38 bits per heavy atom. The third-order valence-electron chi connectivity index (χ3n) is 2.17. The van der Waals surface area contributed by atoms with Gasteiger partial charge in [-0.2, -0.15) is 0 Å². The van der Waals surface area contributed by atoms with Crippen LogP contribution in [0.25, 0.3) is 0 Å². The van der Waals surface area contributed by atoms with E-state index in [4.69, 9.17) is 16.3 Å². The molecule has 2 nitrogen and oxygen atoms in total. The second-order valence-electron chi connectivity index (χ2n) is 3.53. The molecule has 0 saturated carbocycles. The maximum absolute atomic E-state index is 9.60. The number of phenolic OH excluding ortho intramolecular Hbond substituents is 1. The Kier molecular flexibility index (Phi) is 3.02. The van der Waals surface area contributed by atoms with Crippen molar-refractivity contribution in [3.05, 3.63) is 53.1 Å². The van der Waals surface area contributed by atoms with Crippen LogP contribution in [-0.4, -0.2) is 5.11 Å². The zero-order chi connectivity index (χ0) is 11.5. The molecule has 82 valence electrons. The van der Waals surface area contributed by atoms with Crippen LogP contribution in [0.5, 0.6) is 17.2 Å². The summed E-state index contributed by atoms with van der Waals surface area (Å²) >= 11 is 5.73. The van der Waals surface area contributed by atoms with E-state index in [1.165, 1.54) is 6.07 Å². The molecule has 0 amide bonds. The lowest BCUT2D eigenvalue weighted by Crippen LogP contribution is -1.84. The molecule has 0 bridgehead atoms. The minimum atomic E-state index is 0.0353. The van der Waals surface area contributed by atoms with Crippen LogP contribution >= 0.6 is 11.6 Å². The SMILES string of the molecule is Cc1ccc(Oc2ccc(Cl)cc2O)cc1. The van der Waals surface area contributed by atoms with Gasteiger partial charge in [0, 0.05) is 11.1 Å². The first-order valence-corrected chi connectivity index (χ1v) is 5.26. The van der Waals surface area contributed by atoms with Gasteiger partial charge in [0.15, 0.2) is 11.5 Å². The molecule has 0 saturated heterocycles. The van der Waals surface area contributed by atoms with Crippen molar-refractivity contribution < 1.29 is 9.84 Å². The zero-order valence-electron chi connectivity index (χ0n) is 8.77. The summed E-state index contributed by atoms with van der Waals surface area (Å²) < 4.78 is 5.51. The van der Waals surface area contributed by atoms with Crippen molar-refractivity contribution in [1.82, 2.24) is 0 Å². The number of benzene rings is 2. The summed E-state index contributed by atoms with van der Waals surface area (Å²) in [6, 6.07) is 12.4. The average molecular weight is 235 g/mol. The average Bonchev–Trinajstić information content (AvgIpc) is 2.25. The fraction of sp³-hybridized carbons (Fsp3) is 0.0769. The predicted molar refractivity (Wildman–Crippen MR) is 64.4 cm³/mol. The Morgan fingerprint density at radius 2 is 1.75 bits per heavy atom. The van der Waals surface area contributed by atoms with Gasteiger partial charge in [-0.25, -0.2) is 0 Å². The number of aromatic hydroxyl groups is 1. The van der Waals surface area contributed by atoms with Gasteiger partial charge in [-0.3, -0.25) is 0 Å². The molecule has 0 fully saturated rings. The van der Waals surface area contributed by atoms with E-state index in [0.717, 1.165) is 5.56 Å². The number of halogens is 1. The van der Waals surface area contributed by atoms with Crippen LogP contribution in [0.15, 0.2) is 42.5 Å². The summed E-state index contributed by atoms with van der Waals surface area (Å²) in [4.78, 5) is 0. The van der Waals surface area contributed by atoms with E-state index >= 15 is 0 Å². The lowest BCUT2D eigenvalue weighted by molar-refractivity contribution is 0.411. The zero-order valence-corrected chi connectivity index (χ0v) is 9.53. The van der Waals surface area contributed by atoms with Gasteiger partial charge in [0.1, 0.15) is 5.75 Å². The van der Waals surface area contributed by atoms with Crippen LogP contribution in [0.4, 0.5) is 0 Å². The smallest absolute Gasteiger partial charge is 0.169 e. The molecule has 0 radical (unpaired) electrons. The van der Waals surface area contributed by atoms with Gasteiger partial charge in [-0.15, -0.1) is 0 Å². The largest absolute Gasteiger partial charge is 0.504 e. The fourth-order valence-corrected chi connectivity index (χ4v) is 1.48. The minimum Gasteiger partial charge on any atom is -0.504 e. The second-order valence-corrected chi connectivity index (χ2v) is 3.96.